The van der Waals surface area contributed by atoms with Gasteiger partial charge >= 0.3 is 0 Å². The third-order valence-electron chi connectivity index (χ3n) is 6.22. The van der Waals surface area contributed by atoms with Gasteiger partial charge in [0, 0.05) is 21.4 Å². The average molecular weight is 503 g/mol. The van der Waals surface area contributed by atoms with E-state index in [-0.39, 0.29) is 33.1 Å². The smallest absolute Gasteiger partial charge is 0.128 e. The largest absolute Gasteiger partial charge is 0.508 e. The van der Waals surface area contributed by atoms with E-state index in [0.717, 1.165) is 0 Å². The van der Waals surface area contributed by atoms with E-state index in [0.29, 0.717) is 10.6 Å². The molecule has 0 atom stereocenters. The Balaban J connectivity index is 0.000000584. The Labute approximate surface area is 212 Å². The molecule has 0 spiro atoms. The van der Waals surface area contributed by atoms with Crippen molar-refractivity contribution in [3.05, 3.63) is 53.6 Å². The fourth-order valence-corrected chi connectivity index (χ4v) is 3.99. The number of phenols is 2. The van der Waals surface area contributed by atoms with E-state index in [1.165, 1.54) is 62.5 Å². The molecule has 2 aromatic carbocycles. The second-order valence-electron chi connectivity index (χ2n) is 9.93. The van der Waals surface area contributed by atoms with Gasteiger partial charge in [0.15, 0.2) is 0 Å². The summed E-state index contributed by atoms with van der Waals surface area (Å²) in [6.07, 6.45) is 10.0. The minimum atomic E-state index is 0. The maximum Gasteiger partial charge on any atom is 0.128 e. The van der Waals surface area contributed by atoms with Crippen LogP contribution in [0, 0.1) is 0 Å². The molecule has 2 nitrogen and oxygen atoms in total. The summed E-state index contributed by atoms with van der Waals surface area (Å²) in [4.78, 5) is 0.668. The number of phenolic OH excluding ortho intramolecular Hbond substituents is 2. The molecule has 0 unspecified atom stereocenters. The van der Waals surface area contributed by atoms with Crippen LogP contribution in [0.2, 0.25) is 0 Å². The molecule has 0 aliphatic heterocycles. The van der Waals surface area contributed by atoms with Crippen LogP contribution in [0.25, 0.3) is 0 Å². The quantitative estimate of drug-likeness (QED) is 0.172. The van der Waals surface area contributed by atoms with Gasteiger partial charge in [0.05, 0.1) is 0 Å². The van der Waals surface area contributed by atoms with Crippen molar-refractivity contribution < 1.29 is 26.7 Å². The minimum absolute atomic E-state index is 0. The summed E-state index contributed by atoms with van der Waals surface area (Å²) in [5, 5.41) is 18.7. The van der Waals surface area contributed by atoms with Gasteiger partial charge in [0.1, 0.15) is 11.5 Å². The van der Waals surface area contributed by atoms with Crippen LogP contribution in [-0.4, -0.2) is 10.2 Å². The normalized spacial score (nSPS) is 11.3. The summed E-state index contributed by atoms with van der Waals surface area (Å²) in [5.74, 6) is 0.611. The third-order valence-corrected chi connectivity index (χ3v) is 6.57. The van der Waals surface area contributed by atoms with Gasteiger partial charge in [-0.1, -0.05) is 98.3 Å². The number of rotatable bonds is 10. The zero-order valence-corrected chi connectivity index (χ0v) is 22.7. The Hall–Kier alpha value is -1.12. The first-order valence-corrected chi connectivity index (χ1v) is 12.3. The fourth-order valence-electron chi connectivity index (χ4n) is 3.78. The second-order valence-corrected chi connectivity index (χ2v) is 10.4. The van der Waals surface area contributed by atoms with Crippen molar-refractivity contribution in [2.24, 2.45) is 0 Å². The van der Waals surface area contributed by atoms with E-state index < -0.39 is 0 Å². The minimum Gasteiger partial charge on any atom is -0.508 e. The molecule has 184 valence electrons. The Morgan fingerprint density at radius 2 is 1.12 bits per heavy atom. The van der Waals surface area contributed by atoms with E-state index in [4.69, 9.17) is 0 Å². The van der Waals surface area contributed by atoms with Gasteiger partial charge in [-0.2, -0.15) is 0 Å². The number of thiol groups is 1. The van der Waals surface area contributed by atoms with Crippen LogP contribution in [0.3, 0.4) is 0 Å². The number of hydrogen-bond donors (Lipinski definition) is 3. The third kappa shape index (κ3) is 10.7. The molecule has 32 heavy (non-hydrogen) atoms. The molecule has 0 bridgehead atoms. The molecular formula is C28H44NiO2S. The van der Waals surface area contributed by atoms with Crippen LogP contribution in [0.15, 0.2) is 47.4 Å². The standard InChI is InChI=1S/C14H22OS.C14H22O.Ni/c1-4-5-6-9-14(2,3)11-7-8-12(15)13(16)10-11;1-4-5-6-11-14(2,3)12-7-9-13(15)10-8-12;/h7-8,10,15-16H,4-6,9H2,1-3H3;7-10,15H,4-6,11H2,1-3H3;. The maximum atomic E-state index is 9.45. The molecule has 0 aliphatic rings. The van der Waals surface area contributed by atoms with Gasteiger partial charge in [0.25, 0.3) is 0 Å². The molecular weight excluding hydrogens is 459 g/mol. The average Bonchev–Trinajstić information content (AvgIpc) is 2.71. The first kappa shape index (κ1) is 30.9. The molecule has 2 aromatic rings. The Morgan fingerprint density at radius 1 is 0.688 bits per heavy atom. The van der Waals surface area contributed by atoms with Crippen molar-refractivity contribution in [2.75, 3.05) is 0 Å². The Kier molecular flexibility index (Phi) is 14.4. The zero-order chi connectivity index (χ0) is 23.5. The van der Waals surface area contributed by atoms with Gasteiger partial charge in [-0.3, -0.25) is 0 Å². The zero-order valence-electron chi connectivity index (χ0n) is 20.9. The number of benzene rings is 2. The molecule has 0 aliphatic carbocycles. The molecule has 2 rings (SSSR count). The number of hydrogen-bond acceptors (Lipinski definition) is 3. The first-order valence-electron chi connectivity index (χ1n) is 11.9. The van der Waals surface area contributed by atoms with Gasteiger partial charge in [-0.15, -0.1) is 12.6 Å². The molecule has 0 amide bonds. The van der Waals surface area contributed by atoms with Gasteiger partial charge in [-0.05, 0) is 59.1 Å². The molecule has 0 saturated carbocycles. The van der Waals surface area contributed by atoms with Crippen LogP contribution < -0.4 is 0 Å². The van der Waals surface area contributed by atoms with Crippen LogP contribution >= 0.6 is 12.6 Å². The summed E-state index contributed by atoms with van der Waals surface area (Å²) in [6, 6.07) is 13.3. The second kappa shape index (κ2) is 14.9. The summed E-state index contributed by atoms with van der Waals surface area (Å²) in [6.45, 7) is 13.5. The molecule has 0 aromatic heterocycles. The fraction of sp³-hybridized carbons (Fsp3) is 0.571. The molecule has 0 heterocycles. The summed E-state index contributed by atoms with van der Waals surface area (Å²) in [7, 11) is 0. The van der Waals surface area contributed by atoms with Crippen molar-refractivity contribution in [3.8, 4) is 11.5 Å². The number of aromatic hydroxyl groups is 2. The SMILES string of the molecule is CCCCCC(C)(C)c1ccc(O)c(S)c1.CCCCCC(C)(C)c1ccc(O)cc1.[Ni]. The summed E-state index contributed by atoms with van der Waals surface area (Å²) >= 11 is 4.26. The van der Waals surface area contributed by atoms with E-state index in [9.17, 15) is 10.2 Å². The van der Waals surface area contributed by atoms with E-state index in [1.807, 2.05) is 24.3 Å². The number of unbranched alkanes of at least 4 members (excludes halogenated alkanes) is 4. The van der Waals surface area contributed by atoms with E-state index >= 15 is 0 Å². The maximum absolute atomic E-state index is 9.45. The molecule has 4 heteroatoms. The van der Waals surface area contributed by atoms with Crippen molar-refractivity contribution >= 4 is 12.6 Å². The van der Waals surface area contributed by atoms with E-state index in [1.54, 1.807) is 18.2 Å². The van der Waals surface area contributed by atoms with Crippen molar-refractivity contribution in [1.29, 1.82) is 0 Å². The Bertz CT molecular complexity index is 770. The molecule has 0 fully saturated rings. The summed E-state index contributed by atoms with van der Waals surface area (Å²) in [5.41, 5.74) is 2.96. The van der Waals surface area contributed by atoms with Crippen molar-refractivity contribution in [1.82, 2.24) is 0 Å². The van der Waals surface area contributed by atoms with Crippen LogP contribution in [0.1, 0.15) is 104 Å². The van der Waals surface area contributed by atoms with Crippen LogP contribution in [0.5, 0.6) is 11.5 Å². The Morgan fingerprint density at radius 3 is 1.56 bits per heavy atom. The van der Waals surface area contributed by atoms with Gasteiger partial charge in [-0.25, -0.2) is 0 Å². The monoisotopic (exact) mass is 502 g/mol. The van der Waals surface area contributed by atoms with Gasteiger partial charge in [0.2, 0.25) is 0 Å². The van der Waals surface area contributed by atoms with Crippen molar-refractivity contribution in [3.63, 3.8) is 0 Å². The predicted molar refractivity (Wildman–Crippen MR) is 138 cm³/mol. The summed E-state index contributed by atoms with van der Waals surface area (Å²) < 4.78 is 0. The molecule has 2 N–H and O–H groups in total. The van der Waals surface area contributed by atoms with Crippen LogP contribution in [-0.2, 0) is 27.3 Å². The van der Waals surface area contributed by atoms with E-state index in [2.05, 4.69) is 54.2 Å². The predicted octanol–water partition coefficient (Wildman–Crippen LogP) is 8.79. The first-order chi connectivity index (χ1) is 14.5. The molecule has 0 saturated heterocycles. The molecule has 0 radical (unpaired) electrons. The van der Waals surface area contributed by atoms with Crippen molar-refractivity contribution in [2.45, 2.75) is 109 Å². The van der Waals surface area contributed by atoms with Crippen LogP contribution in [0.4, 0.5) is 0 Å². The topological polar surface area (TPSA) is 40.5 Å². The van der Waals surface area contributed by atoms with Gasteiger partial charge < -0.3 is 10.2 Å².